The molecule has 1 aromatic rings. The third-order valence-corrected chi connectivity index (χ3v) is 11.5. The molecule has 9 heteroatoms. The first kappa shape index (κ1) is 24.5. The van der Waals surface area contributed by atoms with Gasteiger partial charge in [0.25, 0.3) is 0 Å². The molecule has 2 atom stereocenters. The molecule has 5 aliphatic carbocycles. The standard InChI is InChI=1S/C25H32Cl2N2O4S/c26-18-5-4-6-19(21(18)27)34(32,33)29-25(7-2-1-3-8-25)20(30)14-23-10-16-9-17(11-23)13-24(12-16,15-23)22(28)31/h4-6,16-17,29H,1-3,7-15H2,(H2,28,31). The van der Waals surface area contributed by atoms with E-state index in [1.54, 1.807) is 0 Å². The Morgan fingerprint density at radius 1 is 1.03 bits per heavy atom. The first-order chi connectivity index (χ1) is 16.0. The Hall–Kier alpha value is -1.15. The van der Waals surface area contributed by atoms with Crippen molar-refractivity contribution >= 4 is 44.9 Å². The summed E-state index contributed by atoms with van der Waals surface area (Å²) < 4.78 is 29.6. The van der Waals surface area contributed by atoms with Crippen LogP contribution in [0.2, 0.25) is 10.0 Å². The number of hydrogen-bond acceptors (Lipinski definition) is 4. The highest BCUT2D eigenvalue weighted by atomic mass is 35.5. The number of primary amides is 1. The van der Waals surface area contributed by atoms with Crippen LogP contribution in [0.3, 0.4) is 0 Å². The predicted octanol–water partition coefficient (Wildman–Crippen LogP) is 5.01. The molecule has 0 saturated heterocycles. The van der Waals surface area contributed by atoms with E-state index in [9.17, 15) is 18.0 Å². The minimum atomic E-state index is -4.07. The second-order valence-corrected chi connectivity index (χ2v) is 13.9. The predicted molar refractivity (Wildman–Crippen MR) is 131 cm³/mol. The molecule has 0 heterocycles. The van der Waals surface area contributed by atoms with Crippen molar-refractivity contribution in [3.8, 4) is 0 Å². The monoisotopic (exact) mass is 526 g/mol. The molecule has 1 aromatic carbocycles. The molecule has 0 aliphatic heterocycles. The Kier molecular flexibility index (Phi) is 6.11. The average Bonchev–Trinajstić information content (AvgIpc) is 2.74. The van der Waals surface area contributed by atoms with Crippen molar-refractivity contribution in [2.75, 3.05) is 0 Å². The van der Waals surface area contributed by atoms with E-state index in [-0.39, 0.29) is 32.0 Å². The molecular formula is C25H32Cl2N2O4S. The molecule has 6 rings (SSSR count). The fourth-order valence-corrected chi connectivity index (χ4v) is 10.3. The molecule has 5 saturated carbocycles. The number of carbonyl (C=O) groups excluding carboxylic acids is 2. The third kappa shape index (κ3) is 4.10. The minimum absolute atomic E-state index is 0.0421. The molecule has 2 unspecified atom stereocenters. The Labute approximate surface area is 211 Å². The average molecular weight is 528 g/mol. The zero-order valence-corrected chi connectivity index (χ0v) is 21.6. The summed E-state index contributed by atoms with van der Waals surface area (Å²) in [5.74, 6) is 0.550. The number of halogens is 2. The number of hydrogen-bond donors (Lipinski definition) is 2. The summed E-state index contributed by atoms with van der Waals surface area (Å²) in [5.41, 5.74) is 3.96. The number of rotatable bonds is 7. The fourth-order valence-electron chi connectivity index (χ4n) is 8.05. The fraction of sp³-hybridized carbons (Fsp3) is 0.680. The van der Waals surface area contributed by atoms with E-state index in [1.807, 2.05) is 0 Å². The maximum Gasteiger partial charge on any atom is 0.243 e. The van der Waals surface area contributed by atoms with Crippen molar-refractivity contribution in [1.82, 2.24) is 4.72 Å². The number of nitrogens with one attached hydrogen (secondary N) is 1. The summed E-state index contributed by atoms with van der Waals surface area (Å²) in [5, 5.41) is 0.110. The smallest absolute Gasteiger partial charge is 0.243 e. The first-order valence-corrected chi connectivity index (χ1v) is 14.5. The lowest BCUT2D eigenvalue weighted by atomic mass is 9.43. The lowest BCUT2D eigenvalue weighted by Gasteiger charge is -2.61. The van der Waals surface area contributed by atoms with Gasteiger partial charge in [0.2, 0.25) is 15.9 Å². The van der Waals surface area contributed by atoms with E-state index in [2.05, 4.69) is 4.72 Å². The van der Waals surface area contributed by atoms with Crippen LogP contribution < -0.4 is 10.5 Å². The molecule has 0 spiro atoms. The van der Waals surface area contributed by atoms with Crippen molar-refractivity contribution in [2.45, 2.75) is 87.5 Å². The van der Waals surface area contributed by atoms with E-state index < -0.39 is 21.0 Å². The number of carbonyl (C=O) groups is 2. The zero-order valence-electron chi connectivity index (χ0n) is 19.2. The first-order valence-electron chi connectivity index (χ1n) is 12.3. The molecule has 1 amide bonds. The van der Waals surface area contributed by atoms with Gasteiger partial charge in [-0.25, -0.2) is 8.42 Å². The summed E-state index contributed by atoms with van der Waals surface area (Å²) in [6.07, 6.45) is 9.02. The van der Waals surface area contributed by atoms with Crippen molar-refractivity contribution < 1.29 is 18.0 Å². The summed E-state index contributed by atoms with van der Waals surface area (Å²) in [7, 11) is -4.07. The van der Waals surface area contributed by atoms with Crippen LogP contribution in [0.15, 0.2) is 23.1 Å². The normalized spacial score (nSPS) is 34.2. The lowest BCUT2D eigenvalue weighted by molar-refractivity contribution is -0.159. The molecule has 4 bridgehead atoms. The van der Waals surface area contributed by atoms with Gasteiger partial charge < -0.3 is 5.73 Å². The van der Waals surface area contributed by atoms with E-state index in [0.29, 0.717) is 37.5 Å². The topological polar surface area (TPSA) is 106 Å². The van der Waals surface area contributed by atoms with Gasteiger partial charge in [0, 0.05) is 6.42 Å². The van der Waals surface area contributed by atoms with E-state index in [1.165, 1.54) is 18.2 Å². The molecule has 3 N–H and O–H groups in total. The van der Waals surface area contributed by atoms with Gasteiger partial charge in [-0.3, -0.25) is 9.59 Å². The number of Topliss-reactive ketones (excluding diaryl/α,β-unsaturated/α-hetero) is 1. The Morgan fingerprint density at radius 3 is 2.29 bits per heavy atom. The second-order valence-electron chi connectivity index (χ2n) is 11.5. The molecule has 5 fully saturated rings. The maximum absolute atomic E-state index is 14.0. The van der Waals surface area contributed by atoms with Crippen LogP contribution in [0.25, 0.3) is 0 Å². The van der Waals surface area contributed by atoms with Crippen molar-refractivity contribution in [3.05, 3.63) is 28.2 Å². The molecule has 5 aliphatic rings. The Balaban J connectivity index is 1.44. The second kappa shape index (κ2) is 8.46. The van der Waals surface area contributed by atoms with Crippen LogP contribution in [0, 0.1) is 22.7 Å². The molecule has 0 aromatic heterocycles. The van der Waals surface area contributed by atoms with Crippen molar-refractivity contribution in [3.63, 3.8) is 0 Å². The molecule has 6 nitrogen and oxygen atoms in total. The largest absolute Gasteiger partial charge is 0.369 e. The number of amides is 1. The van der Waals surface area contributed by atoms with Crippen LogP contribution in [0.1, 0.15) is 77.0 Å². The lowest BCUT2D eigenvalue weighted by Crippen LogP contribution is -2.60. The Morgan fingerprint density at radius 2 is 1.68 bits per heavy atom. The van der Waals surface area contributed by atoms with Crippen LogP contribution >= 0.6 is 23.2 Å². The van der Waals surface area contributed by atoms with Crippen molar-refractivity contribution in [2.24, 2.45) is 28.4 Å². The summed E-state index contributed by atoms with van der Waals surface area (Å²) >= 11 is 12.3. The molecule has 34 heavy (non-hydrogen) atoms. The van der Waals surface area contributed by atoms with Crippen LogP contribution in [0.4, 0.5) is 0 Å². The number of sulfonamides is 1. The van der Waals surface area contributed by atoms with E-state index in [0.717, 1.165) is 51.4 Å². The zero-order chi connectivity index (χ0) is 24.4. The number of benzene rings is 1. The van der Waals surface area contributed by atoms with E-state index in [4.69, 9.17) is 28.9 Å². The summed E-state index contributed by atoms with van der Waals surface area (Å²) in [6, 6.07) is 4.48. The Bertz CT molecular complexity index is 1120. The van der Waals surface area contributed by atoms with E-state index >= 15 is 0 Å². The van der Waals surface area contributed by atoms with Crippen LogP contribution in [-0.4, -0.2) is 25.6 Å². The highest BCUT2D eigenvalue weighted by molar-refractivity contribution is 7.89. The molecule has 186 valence electrons. The summed E-state index contributed by atoms with van der Waals surface area (Å²) in [6.45, 7) is 0. The van der Waals surface area contributed by atoms with Gasteiger partial charge in [-0.15, -0.1) is 0 Å². The van der Waals surface area contributed by atoms with Gasteiger partial charge in [-0.05, 0) is 80.8 Å². The van der Waals surface area contributed by atoms with Gasteiger partial charge in [-0.1, -0.05) is 48.5 Å². The number of ketones is 1. The number of nitrogens with two attached hydrogens (primary N) is 1. The van der Waals surface area contributed by atoms with Gasteiger partial charge in [0.05, 0.1) is 21.0 Å². The third-order valence-electron chi connectivity index (χ3n) is 9.02. The molecular weight excluding hydrogens is 495 g/mol. The van der Waals surface area contributed by atoms with Gasteiger partial charge in [0.1, 0.15) is 4.90 Å². The van der Waals surface area contributed by atoms with Crippen LogP contribution in [-0.2, 0) is 19.6 Å². The summed E-state index contributed by atoms with van der Waals surface area (Å²) in [4.78, 5) is 26.4. The highest BCUT2D eigenvalue weighted by Crippen LogP contribution is 2.66. The van der Waals surface area contributed by atoms with Gasteiger partial charge >= 0.3 is 0 Å². The molecule has 0 radical (unpaired) electrons. The van der Waals surface area contributed by atoms with Crippen molar-refractivity contribution in [1.29, 1.82) is 0 Å². The highest BCUT2D eigenvalue weighted by Gasteiger charge is 2.61. The minimum Gasteiger partial charge on any atom is -0.369 e. The van der Waals surface area contributed by atoms with Crippen LogP contribution in [0.5, 0.6) is 0 Å². The SMILES string of the molecule is NC(=O)C12CC3CC(CC(CC(=O)C4(NS(=O)(=O)c5cccc(Cl)c5Cl)CCCCC4)(C3)C1)C2. The van der Waals surface area contributed by atoms with Gasteiger partial charge in [-0.2, -0.15) is 4.72 Å². The maximum atomic E-state index is 14.0. The quantitative estimate of drug-likeness (QED) is 0.520. The van der Waals surface area contributed by atoms with Gasteiger partial charge in [0.15, 0.2) is 5.78 Å².